The van der Waals surface area contributed by atoms with Crippen molar-refractivity contribution in [3.05, 3.63) is 24.2 Å². The molecule has 0 amide bonds. The number of aryl methyl sites for hydroxylation is 1. The van der Waals surface area contributed by atoms with Crippen molar-refractivity contribution >= 4 is 0 Å². The van der Waals surface area contributed by atoms with Crippen LogP contribution in [0, 0.1) is 5.92 Å². The summed E-state index contributed by atoms with van der Waals surface area (Å²) in [4.78, 5) is 0. The van der Waals surface area contributed by atoms with E-state index in [1.165, 1.54) is 25.8 Å². The molecule has 1 unspecified atom stereocenters. The second-order valence-corrected chi connectivity index (χ2v) is 4.37. The molecule has 1 atom stereocenters. The standard InChI is InChI=1S/C12H19NO/c1-10(13-9-11-5-6-11)4-7-12-3-2-8-14-12/h2-3,8,10-11,13H,4-7,9H2,1H3. The third kappa shape index (κ3) is 3.18. The molecule has 1 aromatic rings. The van der Waals surface area contributed by atoms with Crippen LogP contribution in [0.3, 0.4) is 0 Å². The normalized spacial score (nSPS) is 18.4. The summed E-state index contributed by atoms with van der Waals surface area (Å²) < 4.78 is 5.29. The van der Waals surface area contributed by atoms with E-state index < -0.39 is 0 Å². The zero-order valence-corrected chi connectivity index (χ0v) is 8.83. The first kappa shape index (κ1) is 9.78. The van der Waals surface area contributed by atoms with E-state index in [9.17, 15) is 0 Å². The number of furan rings is 1. The van der Waals surface area contributed by atoms with Gasteiger partial charge in [0.25, 0.3) is 0 Å². The fourth-order valence-corrected chi connectivity index (χ4v) is 1.61. The summed E-state index contributed by atoms with van der Waals surface area (Å²) in [6.45, 7) is 3.46. The Morgan fingerprint density at radius 1 is 1.57 bits per heavy atom. The monoisotopic (exact) mass is 193 g/mol. The minimum Gasteiger partial charge on any atom is -0.469 e. The highest BCUT2D eigenvalue weighted by molar-refractivity contribution is 4.98. The van der Waals surface area contributed by atoms with Crippen LogP contribution in [0.2, 0.25) is 0 Å². The van der Waals surface area contributed by atoms with E-state index in [1.54, 1.807) is 6.26 Å². The van der Waals surface area contributed by atoms with Gasteiger partial charge in [0.2, 0.25) is 0 Å². The summed E-state index contributed by atoms with van der Waals surface area (Å²) in [5.74, 6) is 2.08. The molecule has 0 spiro atoms. The van der Waals surface area contributed by atoms with Crippen LogP contribution in [0.5, 0.6) is 0 Å². The molecule has 2 rings (SSSR count). The highest BCUT2D eigenvalue weighted by atomic mass is 16.3. The van der Waals surface area contributed by atoms with Gasteiger partial charge in [0, 0.05) is 12.5 Å². The molecule has 0 bridgehead atoms. The van der Waals surface area contributed by atoms with Crippen LogP contribution in [-0.4, -0.2) is 12.6 Å². The molecule has 78 valence electrons. The number of rotatable bonds is 6. The van der Waals surface area contributed by atoms with Crippen LogP contribution in [0.4, 0.5) is 0 Å². The minimum atomic E-state index is 0.612. The molecule has 1 heterocycles. The zero-order chi connectivity index (χ0) is 9.80. The maximum absolute atomic E-state index is 5.29. The number of nitrogens with one attached hydrogen (secondary N) is 1. The topological polar surface area (TPSA) is 25.2 Å². The van der Waals surface area contributed by atoms with Gasteiger partial charge in [-0.2, -0.15) is 0 Å². The molecule has 2 heteroatoms. The highest BCUT2D eigenvalue weighted by Gasteiger charge is 2.21. The van der Waals surface area contributed by atoms with Crippen LogP contribution in [0.1, 0.15) is 31.9 Å². The van der Waals surface area contributed by atoms with Gasteiger partial charge in [0.15, 0.2) is 0 Å². The van der Waals surface area contributed by atoms with Crippen molar-refractivity contribution < 1.29 is 4.42 Å². The zero-order valence-electron chi connectivity index (χ0n) is 8.83. The van der Waals surface area contributed by atoms with E-state index >= 15 is 0 Å². The van der Waals surface area contributed by atoms with Crippen molar-refractivity contribution in [1.29, 1.82) is 0 Å². The molecule has 1 aromatic heterocycles. The summed E-state index contributed by atoms with van der Waals surface area (Å²) in [7, 11) is 0. The molecule has 1 aliphatic rings. The van der Waals surface area contributed by atoms with Gasteiger partial charge in [-0.1, -0.05) is 0 Å². The van der Waals surface area contributed by atoms with Crippen LogP contribution in [-0.2, 0) is 6.42 Å². The first-order valence-electron chi connectivity index (χ1n) is 5.60. The lowest BCUT2D eigenvalue weighted by Crippen LogP contribution is -2.28. The lowest BCUT2D eigenvalue weighted by molar-refractivity contribution is 0.455. The predicted octanol–water partition coefficient (Wildman–Crippen LogP) is 2.60. The fourth-order valence-electron chi connectivity index (χ4n) is 1.61. The molecular formula is C12H19NO. The van der Waals surface area contributed by atoms with Crippen molar-refractivity contribution in [2.24, 2.45) is 5.92 Å². The predicted molar refractivity (Wildman–Crippen MR) is 57.2 cm³/mol. The molecule has 1 N–H and O–H groups in total. The second kappa shape index (κ2) is 4.65. The van der Waals surface area contributed by atoms with E-state index in [4.69, 9.17) is 4.42 Å². The van der Waals surface area contributed by atoms with Gasteiger partial charge < -0.3 is 9.73 Å². The minimum absolute atomic E-state index is 0.612. The van der Waals surface area contributed by atoms with E-state index in [0.29, 0.717) is 6.04 Å². The Morgan fingerprint density at radius 2 is 2.43 bits per heavy atom. The van der Waals surface area contributed by atoms with Crippen LogP contribution >= 0.6 is 0 Å². The fraction of sp³-hybridized carbons (Fsp3) is 0.667. The van der Waals surface area contributed by atoms with Gasteiger partial charge in [-0.25, -0.2) is 0 Å². The Hall–Kier alpha value is -0.760. The quantitative estimate of drug-likeness (QED) is 0.751. The van der Waals surface area contributed by atoms with E-state index in [2.05, 4.69) is 12.2 Å². The van der Waals surface area contributed by atoms with Crippen LogP contribution in [0.25, 0.3) is 0 Å². The Morgan fingerprint density at radius 3 is 3.07 bits per heavy atom. The maximum atomic E-state index is 5.29. The highest BCUT2D eigenvalue weighted by Crippen LogP contribution is 2.27. The lowest BCUT2D eigenvalue weighted by atomic mass is 10.1. The molecule has 2 nitrogen and oxygen atoms in total. The van der Waals surface area contributed by atoms with Gasteiger partial charge >= 0.3 is 0 Å². The first-order valence-corrected chi connectivity index (χ1v) is 5.60. The summed E-state index contributed by atoms with van der Waals surface area (Å²) in [6, 6.07) is 4.62. The third-order valence-electron chi connectivity index (χ3n) is 2.86. The van der Waals surface area contributed by atoms with E-state index in [1.807, 2.05) is 12.1 Å². The molecule has 1 saturated carbocycles. The first-order chi connectivity index (χ1) is 6.84. The van der Waals surface area contributed by atoms with Crippen LogP contribution < -0.4 is 5.32 Å². The van der Waals surface area contributed by atoms with Crippen molar-refractivity contribution in [1.82, 2.24) is 5.32 Å². The molecule has 0 aromatic carbocycles. The van der Waals surface area contributed by atoms with Crippen molar-refractivity contribution in [2.75, 3.05) is 6.54 Å². The molecule has 0 radical (unpaired) electrons. The SMILES string of the molecule is CC(CCc1ccco1)NCC1CC1. The Labute approximate surface area is 85.7 Å². The molecular weight excluding hydrogens is 174 g/mol. The molecule has 1 fully saturated rings. The van der Waals surface area contributed by atoms with Gasteiger partial charge in [0.05, 0.1) is 6.26 Å². The smallest absolute Gasteiger partial charge is 0.103 e. The maximum Gasteiger partial charge on any atom is 0.103 e. The average Bonchev–Trinajstić information content (AvgIpc) is 2.87. The summed E-state index contributed by atoms with van der Waals surface area (Å²) in [5, 5.41) is 3.57. The summed E-state index contributed by atoms with van der Waals surface area (Å²) in [5.41, 5.74) is 0. The Balaban J connectivity index is 1.59. The van der Waals surface area contributed by atoms with E-state index in [-0.39, 0.29) is 0 Å². The van der Waals surface area contributed by atoms with Gasteiger partial charge in [0.1, 0.15) is 5.76 Å². The largest absolute Gasteiger partial charge is 0.469 e. The van der Waals surface area contributed by atoms with Gasteiger partial charge in [-0.15, -0.1) is 0 Å². The van der Waals surface area contributed by atoms with Crippen LogP contribution in [0.15, 0.2) is 22.8 Å². The van der Waals surface area contributed by atoms with Crippen molar-refractivity contribution in [3.8, 4) is 0 Å². The van der Waals surface area contributed by atoms with Crippen molar-refractivity contribution in [3.63, 3.8) is 0 Å². The number of hydrogen-bond acceptors (Lipinski definition) is 2. The average molecular weight is 193 g/mol. The molecule has 0 saturated heterocycles. The summed E-state index contributed by atoms with van der Waals surface area (Å²) in [6.07, 6.45) is 6.82. The lowest BCUT2D eigenvalue weighted by Gasteiger charge is -2.12. The molecule has 14 heavy (non-hydrogen) atoms. The molecule has 1 aliphatic carbocycles. The van der Waals surface area contributed by atoms with Gasteiger partial charge in [-0.3, -0.25) is 0 Å². The Kier molecular flexibility index (Phi) is 3.25. The number of hydrogen-bond donors (Lipinski definition) is 1. The van der Waals surface area contributed by atoms with E-state index in [0.717, 1.165) is 18.1 Å². The van der Waals surface area contributed by atoms with Gasteiger partial charge in [-0.05, 0) is 50.8 Å². The second-order valence-electron chi connectivity index (χ2n) is 4.37. The Bertz CT molecular complexity index is 251. The summed E-state index contributed by atoms with van der Waals surface area (Å²) >= 11 is 0. The molecule has 0 aliphatic heterocycles. The third-order valence-corrected chi connectivity index (χ3v) is 2.86. The van der Waals surface area contributed by atoms with Crippen molar-refractivity contribution in [2.45, 2.75) is 38.6 Å².